The molecule has 1 aliphatic rings. The lowest BCUT2D eigenvalue weighted by Gasteiger charge is -2.27. The summed E-state index contributed by atoms with van der Waals surface area (Å²) in [5.74, 6) is 0.462. The molecule has 1 aromatic heterocycles. The molecule has 144 valence electrons. The van der Waals surface area contributed by atoms with Crippen LogP contribution in [0.25, 0.3) is 0 Å². The first kappa shape index (κ1) is 19.1. The van der Waals surface area contributed by atoms with E-state index in [-0.39, 0.29) is 17.9 Å². The van der Waals surface area contributed by atoms with E-state index in [0.29, 0.717) is 49.9 Å². The zero-order valence-electron chi connectivity index (χ0n) is 16.1. The molecule has 0 unspecified atom stereocenters. The molecule has 27 heavy (non-hydrogen) atoms. The SMILES string of the molecule is Cc1cccc(NC(=O)CCc2c(C)nc(N3CCOCC3)[nH]c2=O)c1C. The summed E-state index contributed by atoms with van der Waals surface area (Å²) >= 11 is 0. The Hall–Kier alpha value is -2.67. The number of nitrogens with zero attached hydrogens (tertiary/aromatic N) is 2. The van der Waals surface area contributed by atoms with Crippen molar-refractivity contribution in [1.29, 1.82) is 0 Å². The third-order valence-electron chi connectivity index (χ3n) is 5.00. The molecule has 0 atom stereocenters. The Balaban J connectivity index is 1.66. The average Bonchev–Trinajstić information content (AvgIpc) is 2.65. The molecule has 0 spiro atoms. The molecule has 7 nitrogen and oxygen atoms in total. The summed E-state index contributed by atoms with van der Waals surface area (Å²) in [6.45, 7) is 8.48. The van der Waals surface area contributed by atoms with Gasteiger partial charge >= 0.3 is 0 Å². The molecule has 1 fully saturated rings. The fourth-order valence-corrected chi connectivity index (χ4v) is 3.15. The number of hydrogen-bond acceptors (Lipinski definition) is 5. The number of carbonyl (C=O) groups excluding carboxylic acids is 1. The number of H-pyrrole nitrogens is 1. The van der Waals surface area contributed by atoms with E-state index in [1.807, 2.05) is 43.9 Å². The van der Waals surface area contributed by atoms with Crippen LogP contribution in [0.5, 0.6) is 0 Å². The highest BCUT2D eigenvalue weighted by Crippen LogP contribution is 2.18. The van der Waals surface area contributed by atoms with Crippen molar-refractivity contribution in [2.45, 2.75) is 33.6 Å². The van der Waals surface area contributed by atoms with Crippen LogP contribution in [0.3, 0.4) is 0 Å². The van der Waals surface area contributed by atoms with E-state index in [0.717, 1.165) is 16.8 Å². The van der Waals surface area contributed by atoms with Crippen molar-refractivity contribution in [3.8, 4) is 0 Å². The van der Waals surface area contributed by atoms with Gasteiger partial charge in [-0.25, -0.2) is 4.98 Å². The first-order chi connectivity index (χ1) is 13.0. The normalized spacial score (nSPS) is 14.3. The van der Waals surface area contributed by atoms with Crippen LogP contribution in [0.2, 0.25) is 0 Å². The van der Waals surface area contributed by atoms with Crippen LogP contribution in [0, 0.1) is 20.8 Å². The van der Waals surface area contributed by atoms with Gasteiger partial charge in [-0.05, 0) is 44.4 Å². The standard InChI is InChI=1S/C20H26N4O3/c1-13-5-4-6-17(14(13)2)22-18(25)8-7-16-15(3)21-20(23-19(16)26)24-9-11-27-12-10-24/h4-6H,7-12H2,1-3H3,(H,22,25)(H,21,23,26). The van der Waals surface area contributed by atoms with Crippen molar-refractivity contribution in [2.24, 2.45) is 0 Å². The molecule has 3 rings (SSSR count). The fourth-order valence-electron chi connectivity index (χ4n) is 3.15. The molecule has 2 aromatic rings. The summed E-state index contributed by atoms with van der Waals surface area (Å²) in [7, 11) is 0. The molecule has 0 radical (unpaired) electrons. The molecule has 7 heteroatoms. The van der Waals surface area contributed by atoms with E-state index >= 15 is 0 Å². The van der Waals surface area contributed by atoms with Crippen molar-refractivity contribution in [1.82, 2.24) is 9.97 Å². The number of rotatable bonds is 5. The third kappa shape index (κ3) is 4.54. The molecule has 1 amide bonds. The van der Waals surface area contributed by atoms with E-state index in [2.05, 4.69) is 15.3 Å². The Morgan fingerprint density at radius 2 is 2.00 bits per heavy atom. The number of anilines is 2. The van der Waals surface area contributed by atoms with Gasteiger partial charge in [0.25, 0.3) is 5.56 Å². The Kier molecular flexibility index (Phi) is 5.91. The van der Waals surface area contributed by atoms with Crippen LogP contribution in [0.4, 0.5) is 11.6 Å². The summed E-state index contributed by atoms with van der Waals surface area (Å²) in [6.07, 6.45) is 0.587. The smallest absolute Gasteiger partial charge is 0.255 e. The van der Waals surface area contributed by atoms with Gasteiger partial charge in [0.15, 0.2) is 0 Å². The minimum atomic E-state index is -0.177. The monoisotopic (exact) mass is 370 g/mol. The first-order valence-corrected chi connectivity index (χ1v) is 9.24. The topological polar surface area (TPSA) is 87.3 Å². The van der Waals surface area contributed by atoms with Gasteiger partial charge in [0.1, 0.15) is 0 Å². The second-order valence-electron chi connectivity index (χ2n) is 6.85. The number of nitrogens with one attached hydrogen (secondary N) is 2. The van der Waals surface area contributed by atoms with Crippen LogP contribution >= 0.6 is 0 Å². The maximum absolute atomic E-state index is 12.5. The predicted molar refractivity (Wildman–Crippen MR) is 105 cm³/mol. The van der Waals surface area contributed by atoms with Crippen LogP contribution in [-0.2, 0) is 16.0 Å². The largest absolute Gasteiger partial charge is 0.378 e. The van der Waals surface area contributed by atoms with Gasteiger partial charge in [-0.15, -0.1) is 0 Å². The highest BCUT2D eigenvalue weighted by atomic mass is 16.5. The maximum Gasteiger partial charge on any atom is 0.255 e. The minimum Gasteiger partial charge on any atom is -0.378 e. The van der Waals surface area contributed by atoms with Crippen molar-refractivity contribution < 1.29 is 9.53 Å². The number of aryl methyl sites for hydroxylation is 2. The fraction of sp³-hybridized carbons (Fsp3) is 0.450. The molecule has 1 aromatic carbocycles. The number of benzene rings is 1. The quantitative estimate of drug-likeness (QED) is 0.842. The summed E-state index contributed by atoms with van der Waals surface area (Å²) in [5, 5.41) is 2.93. The average molecular weight is 370 g/mol. The lowest BCUT2D eigenvalue weighted by Crippen LogP contribution is -2.38. The molecule has 1 aliphatic heterocycles. The van der Waals surface area contributed by atoms with E-state index < -0.39 is 0 Å². The number of amides is 1. The van der Waals surface area contributed by atoms with E-state index in [4.69, 9.17) is 4.74 Å². The number of aromatic amines is 1. The Morgan fingerprint density at radius 3 is 2.70 bits per heavy atom. The lowest BCUT2D eigenvalue weighted by atomic mass is 10.1. The predicted octanol–water partition coefficient (Wildman–Crippen LogP) is 2.10. The second kappa shape index (κ2) is 8.35. The first-order valence-electron chi connectivity index (χ1n) is 9.24. The molecular weight excluding hydrogens is 344 g/mol. The van der Waals surface area contributed by atoms with Gasteiger partial charge in [-0.2, -0.15) is 0 Å². The Morgan fingerprint density at radius 1 is 1.26 bits per heavy atom. The molecule has 2 heterocycles. The van der Waals surface area contributed by atoms with Crippen molar-refractivity contribution in [3.63, 3.8) is 0 Å². The second-order valence-corrected chi connectivity index (χ2v) is 6.85. The van der Waals surface area contributed by atoms with E-state index in [1.54, 1.807) is 0 Å². The van der Waals surface area contributed by atoms with E-state index in [9.17, 15) is 9.59 Å². The van der Waals surface area contributed by atoms with E-state index in [1.165, 1.54) is 0 Å². The van der Waals surface area contributed by atoms with Crippen LogP contribution in [0.15, 0.2) is 23.0 Å². The lowest BCUT2D eigenvalue weighted by molar-refractivity contribution is -0.116. The van der Waals surface area contributed by atoms with Gasteiger partial charge in [-0.3, -0.25) is 14.6 Å². The Bertz CT molecular complexity index is 885. The summed E-state index contributed by atoms with van der Waals surface area (Å²) < 4.78 is 5.33. The maximum atomic E-state index is 12.5. The number of aromatic nitrogens is 2. The Labute approximate surface area is 158 Å². The summed E-state index contributed by atoms with van der Waals surface area (Å²) in [4.78, 5) is 34.2. The summed E-state index contributed by atoms with van der Waals surface area (Å²) in [5.41, 5.74) is 4.04. The highest BCUT2D eigenvalue weighted by molar-refractivity contribution is 5.91. The zero-order chi connectivity index (χ0) is 19.4. The minimum absolute atomic E-state index is 0.111. The molecule has 0 aliphatic carbocycles. The van der Waals surface area contributed by atoms with Gasteiger partial charge in [0.05, 0.1) is 13.2 Å². The molecule has 1 saturated heterocycles. The molecule has 2 N–H and O–H groups in total. The number of morpholine rings is 1. The highest BCUT2D eigenvalue weighted by Gasteiger charge is 2.17. The van der Waals surface area contributed by atoms with Gasteiger partial charge < -0.3 is 15.0 Å². The number of ether oxygens (including phenoxy) is 1. The van der Waals surface area contributed by atoms with Crippen molar-refractivity contribution in [3.05, 3.63) is 50.9 Å². The van der Waals surface area contributed by atoms with Gasteiger partial charge in [-0.1, -0.05) is 12.1 Å². The van der Waals surface area contributed by atoms with Crippen molar-refractivity contribution in [2.75, 3.05) is 36.5 Å². The molecule has 0 bridgehead atoms. The van der Waals surface area contributed by atoms with Crippen LogP contribution < -0.4 is 15.8 Å². The third-order valence-corrected chi connectivity index (χ3v) is 5.00. The van der Waals surface area contributed by atoms with Gasteiger partial charge in [0, 0.05) is 36.5 Å². The van der Waals surface area contributed by atoms with Crippen molar-refractivity contribution >= 4 is 17.5 Å². The molecular formula is C20H26N4O3. The van der Waals surface area contributed by atoms with Gasteiger partial charge in [0.2, 0.25) is 11.9 Å². The van der Waals surface area contributed by atoms with Crippen LogP contribution in [-0.4, -0.2) is 42.2 Å². The summed E-state index contributed by atoms with van der Waals surface area (Å²) in [6, 6.07) is 5.81. The number of carbonyl (C=O) groups is 1. The molecule has 0 saturated carbocycles. The number of hydrogen-bond donors (Lipinski definition) is 2. The van der Waals surface area contributed by atoms with Crippen LogP contribution in [0.1, 0.15) is 28.8 Å². The zero-order valence-corrected chi connectivity index (χ0v) is 16.1.